The van der Waals surface area contributed by atoms with Crippen molar-refractivity contribution in [3.8, 4) is 17.1 Å². The highest BCUT2D eigenvalue weighted by Gasteiger charge is 2.25. The highest BCUT2D eigenvalue weighted by molar-refractivity contribution is 5.77. The van der Waals surface area contributed by atoms with Crippen LogP contribution in [0.5, 0.6) is 5.75 Å². The molecule has 2 aromatic heterocycles. The maximum absolute atomic E-state index is 14.9. The van der Waals surface area contributed by atoms with Crippen LogP contribution in [0, 0.1) is 5.82 Å². The fourth-order valence-electron chi connectivity index (χ4n) is 3.99. The van der Waals surface area contributed by atoms with Gasteiger partial charge in [0.05, 0.1) is 35.8 Å². The van der Waals surface area contributed by atoms with E-state index in [1.807, 2.05) is 18.2 Å². The second-order valence-electron chi connectivity index (χ2n) is 7.53. The van der Waals surface area contributed by atoms with Crippen LogP contribution in [0.2, 0.25) is 0 Å². The number of halogens is 1. The first-order valence-corrected chi connectivity index (χ1v) is 10.2. The maximum Gasteiger partial charge on any atom is 0.258 e. The molecular formula is C21H21FN8O2. The Kier molecular flexibility index (Phi) is 5.23. The number of tetrazole rings is 1. The molecule has 32 heavy (non-hydrogen) atoms. The number of H-pyrrole nitrogens is 2. The van der Waals surface area contributed by atoms with Crippen LogP contribution < -0.4 is 15.2 Å². The van der Waals surface area contributed by atoms with Crippen molar-refractivity contribution in [3.63, 3.8) is 0 Å². The Hall–Kier alpha value is -3.86. The van der Waals surface area contributed by atoms with E-state index < -0.39 is 5.82 Å². The Labute approximate surface area is 182 Å². The topological polar surface area (TPSA) is 116 Å². The van der Waals surface area contributed by atoms with Crippen molar-refractivity contribution in [1.29, 1.82) is 0 Å². The zero-order chi connectivity index (χ0) is 22.1. The van der Waals surface area contributed by atoms with E-state index in [9.17, 15) is 9.18 Å². The van der Waals surface area contributed by atoms with Crippen molar-refractivity contribution in [2.75, 3.05) is 38.2 Å². The Morgan fingerprint density at radius 2 is 1.97 bits per heavy atom. The zero-order valence-corrected chi connectivity index (χ0v) is 17.4. The summed E-state index contributed by atoms with van der Waals surface area (Å²) in [5.74, 6) is 0.772. The number of methoxy groups -OCH3 is 1. The Balaban J connectivity index is 1.35. The van der Waals surface area contributed by atoms with Gasteiger partial charge in [0.1, 0.15) is 17.4 Å². The van der Waals surface area contributed by atoms with Crippen molar-refractivity contribution < 1.29 is 9.13 Å². The fourth-order valence-corrected chi connectivity index (χ4v) is 3.99. The fraction of sp³-hybridized carbons (Fsp3) is 0.286. The van der Waals surface area contributed by atoms with Crippen LogP contribution in [-0.4, -0.2) is 68.8 Å². The predicted molar refractivity (Wildman–Crippen MR) is 116 cm³/mol. The standard InChI is InChI=1S/C21H21FN8O2/c1-32-13-10-15(22)19(20-25-27-28-26-20)17(11-13)30-8-6-29(7-9-30)12-18-23-16-5-3-2-4-14(16)21(31)24-18/h2-5,10-11H,6-9,12H2,1H3,(H,23,24,31)(H,25,26,27,28). The maximum atomic E-state index is 14.9. The molecule has 164 valence electrons. The van der Waals surface area contributed by atoms with Gasteiger partial charge in [-0.1, -0.05) is 12.1 Å². The largest absolute Gasteiger partial charge is 0.497 e. The van der Waals surface area contributed by atoms with Crippen molar-refractivity contribution >= 4 is 16.6 Å². The molecule has 1 aliphatic rings. The number of para-hydroxylation sites is 1. The van der Waals surface area contributed by atoms with Crippen LogP contribution in [0.3, 0.4) is 0 Å². The second-order valence-corrected chi connectivity index (χ2v) is 7.53. The van der Waals surface area contributed by atoms with Crippen LogP contribution in [-0.2, 0) is 6.54 Å². The van der Waals surface area contributed by atoms with Crippen LogP contribution >= 0.6 is 0 Å². The molecule has 3 heterocycles. The Morgan fingerprint density at radius 1 is 1.16 bits per heavy atom. The van der Waals surface area contributed by atoms with E-state index in [0.29, 0.717) is 60.9 Å². The molecule has 11 heteroatoms. The summed E-state index contributed by atoms with van der Waals surface area (Å²) in [5, 5.41) is 14.4. The molecule has 1 aliphatic heterocycles. The van der Waals surface area contributed by atoms with Gasteiger partial charge in [0, 0.05) is 38.3 Å². The van der Waals surface area contributed by atoms with Gasteiger partial charge in [-0.25, -0.2) is 9.37 Å². The molecule has 1 saturated heterocycles. The summed E-state index contributed by atoms with van der Waals surface area (Å²) in [7, 11) is 1.50. The highest BCUT2D eigenvalue weighted by atomic mass is 19.1. The van der Waals surface area contributed by atoms with E-state index in [-0.39, 0.29) is 16.9 Å². The number of anilines is 1. The molecule has 5 rings (SSSR count). The summed E-state index contributed by atoms with van der Waals surface area (Å²) in [6.45, 7) is 3.24. The SMILES string of the molecule is COc1cc(F)c(-c2nn[nH]n2)c(N2CCN(Cc3nc4ccccc4c(=O)[nH]3)CC2)c1. The normalized spacial score (nSPS) is 14.8. The monoisotopic (exact) mass is 436 g/mol. The third-order valence-electron chi connectivity index (χ3n) is 5.60. The van der Waals surface area contributed by atoms with E-state index in [2.05, 4.69) is 40.4 Å². The van der Waals surface area contributed by atoms with E-state index >= 15 is 0 Å². The molecule has 2 N–H and O–H groups in total. The summed E-state index contributed by atoms with van der Waals surface area (Å²) in [6, 6.07) is 10.4. The van der Waals surface area contributed by atoms with Crippen LogP contribution in [0.1, 0.15) is 5.82 Å². The summed E-state index contributed by atoms with van der Waals surface area (Å²) in [4.78, 5) is 24.1. The number of fused-ring (bicyclic) bond motifs is 1. The molecule has 4 aromatic rings. The summed E-state index contributed by atoms with van der Waals surface area (Å²) in [6.07, 6.45) is 0. The molecule has 0 amide bonds. The van der Waals surface area contributed by atoms with Gasteiger partial charge in [-0.3, -0.25) is 9.69 Å². The second kappa shape index (κ2) is 8.35. The van der Waals surface area contributed by atoms with Crippen molar-refractivity contribution in [1.82, 2.24) is 35.5 Å². The third-order valence-corrected chi connectivity index (χ3v) is 5.60. The number of hydrogen-bond acceptors (Lipinski definition) is 8. The molecular weight excluding hydrogens is 415 g/mol. The van der Waals surface area contributed by atoms with E-state index in [1.54, 1.807) is 12.1 Å². The van der Waals surface area contributed by atoms with Crippen molar-refractivity contribution in [2.45, 2.75) is 6.54 Å². The van der Waals surface area contributed by atoms with Gasteiger partial charge in [0.15, 0.2) is 0 Å². The number of aromatic nitrogens is 6. The minimum absolute atomic E-state index is 0.138. The smallest absolute Gasteiger partial charge is 0.258 e. The van der Waals surface area contributed by atoms with Gasteiger partial charge < -0.3 is 14.6 Å². The predicted octanol–water partition coefficient (Wildman–Crippen LogP) is 1.57. The van der Waals surface area contributed by atoms with Gasteiger partial charge in [-0.15, -0.1) is 10.2 Å². The number of benzene rings is 2. The number of piperazine rings is 1. The lowest BCUT2D eigenvalue weighted by Crippen LogP contribution is -2.46. The van der Waals surface area contributed by atoms with Gasteiger partial charge >= 0.3 is 0 Å². The molecule has 0 spiro atoms. The first kappa shape index (κ1) is 20.1. The molecule has 1 fully saturated rings. The Morgan fingerprint density at radius 3 is 2.72 bits per heavy atom. The zero-order valence-electron chi connectivity index (χ0n) is 17.4. The van der Waals surface area contributed by atoms with Gasteiger partial charge in [0.2, 0.25) is 5.82 Å². The lowest BCUT2D eigenvalue weighted by molar-refractivity contribution is 0.244. The first-order chi connectivity index (χ1) is 15.6. The minimum atomic E-state index is -0.471. The molecule has 0 atom stereocenters. The molecule has 0 aliphatic carbocycles. The summed E-state index contributed by atoms with van der Waals surface area (Å²) < 4.78 is 20.1. The average Bonchev–Trinajstić information content (AvgIpc) is 3.33. The number of nitrogens with one attached hydrogen (secondary N) is 2. The lowest BCUT2D eigenvalue weighted by atomic mass is 10.1. The van der Waals surface area contributed by atoms with E-state index in [1.165, 1.54) is 13.2 Å². The van der Waals surface area contributed by atoms with Crippen molar-refractivity contribution in [2.24, 2.45) is 0 Å². The molecule has 0 unspecified atom stereocenters. The summed E-state index contributed by atoms with van der Waals surface area (Å²) >= 11 is 0. The van der Waals surface area contributed by atoms with E-state index in [0.717, 1.165) is 0 Å². The lowest BCUT2D eigenvalue weighted by Gasteiger charge is -2.36. The molecule has 0 radical (unpaired) electrons. The number of hydrogen-bond donors (Lipinski definition) is 2. The van der Waals surface area contributed by atoms with Crippen LogP contribution in [0.15, 0.2) is 41.2 Å². The first-order valence-electron chi connectivity index (χ1n) is 10.2. The van der Waals surface area contributed by atoms with Gasteiger partial charge in [0.25, 0.3) is 5.56 Å². The van der Waals surface area contributed by atoms with Gasteiger partial charge in [-0.2, -0.15) is 5.21 Å². The molecule has 0 saturated carbocycles. The highest BCUT2D eigenvalue weighted by Crippen LogP contribution is 2.35. The van der Waals surface area contributed by atoms with Crippen LogP contribution in [0.25, 0.3) is 22.3 Å². The Bertz CT molecular complexity index is 1300. The third kappa shape index (κ3) is 3.78. The molecule has 0 bridgehead atoms. The number of aromatic amines is 2. The minimum Gasteiger partial charge on any atom is -0.497 e. The average molecular weight is 436 g/mol. The van der Waals surface area contributed by atoms with Crippen molar-refractivity contribution in [3.05, 3.63) is 58.4 Å². The number of nitrogens with zero attached hydrogens (tertiary/aromatic N) is 6. The quantitative estimate of drug-likeness (QED) is 0.484. The number of rotatable bonds is 5. The number of ether oxygens (including phenoxy) is 1. The van der Waals surface area contributed by atoms with E-state index in [4.69, 9.17) is 4.74 Å². The molecule has 10 nitrogen and oxygen atoms in total. The van der Waals surface area contributed by atoms with Crippen LogP contribution in [0.4, 0.5) is 10.1 Å². The van der Waals surface area contributed by atoms with Gasteiger partial charge in [-0.05, 0) is 17.3 Å². The summed E-state index contributed by atoms with van der Waals surface area (Å²) in [5.41, 5.74) is 1.48. The molecule has 2 aromatic carbocycles.